The molecule has 0 radical (unpaired) electrons. The maximum Gasteiger partial charge on any atom is 0.0664 e. The average molecular weight is 195 g/mol. The first kappa shape index (κ1) is 10.3. The standard InChI is InChI=1S/C12H15Cl/c1-4-10-6-8-11(9-7-10)12(3,13)5-2/h4,6-9H,1,5H2,2-3H3. The zero-order valence-corrected chi connectivity index (χ0v) is 8.93. The summed E-state index contributed by atoms with van der Waals surface area (Å²) in [4.78, 5) is -0.236. The van der Waals surface area contributed by atoms with Gasteiger partial charge < -0.3 is 0 Å². The lowest BCUT2D eigenvalue weighted by atomic mass is 9.97. The van der Waals surface area contributed by atoms with Crippen LogP contribution in [0.4, 0.5) is 0 Å². The van der Waals surface area contributed by atoms with E-state index in [2.05, 4.69) is 25.6 Å². The molecule has 0 fully saturated rings. The third-order valence-corrected chi connectivity index (χ3v) is 2.90. The molecule has 0 nitrogen and oxygen atoms in total. The Morgan fingerprint density at radius 1 is 1.38 bits per heavy atom. The van der Waals surface area contributed by atoms with Gasteiger partial charge in [-0.2, -0.15) is 0 Å². The summed E-state index contributed by atoms with van der Waals surface area (Å²) in [5, 5.41) is 0. The first-order valence-electron chi connectivity index (χ1n) is 4.52. The topological polar surface area (TPSA) is 0 Å². The molecule has 1 heteroatoms. The molecular formula is C12H15Cl. The zero-order chi connectivity index (χ0) is 9.90. The van der Waals surface area contributed by atoms with Gasteiger partial charge in [-0.15, -0.1) is 11.6 Å². The zero-order valence-electron chi connectivity index (χ0n) is 8.18. The van der Waals surface area contributed by atoms with Crippen molar-refractivity contribution >= 4 is 17.7 Å². The van der Waals surface area contributed by atoms with Gasteiger partial charge in [0.15, 0.2) is 0 Å². The van der Waals surface area contributed by atoms with Crippen molar-refractivity contribution in [3.8, 4) is 0 Å². The molecule has 0 aliphatic rings. The van der Waals surface area contributed by atoms with Crippen molar-refractivity contribution in [1.29, 1.82) is 0 Å². The van der Waals surface area contributed by atoms with E-state index in [4.69, 9.17) is 11.6 Å². The van der Waals surface area contributed by atoms with E-state index in [1.165, 1.54) is 5.56 Å². The normalized spacial score (nSPS) is 15.0. The van der Waals surface area contributed by atoms with Crippen LogP contribution < -0.4 is 0 Å². The van der Waals surface area contributed by atoms with Crippen LogP contribution in [-0.4, -0.2) is 0 Å². The van der Waals surface area contributed by atoms with Gasteiger partial charge in [-0.05, 0) is 24.5 Å². The number of rotatable bonds is 3. The summed E-state index contributed by atoms with van der Waals surface area (Å²) < 4.78 is 0. The van der Waals surface area contributed by atoms with Gasteiger partial charge in [-0.3, -0.25) is 0 Å². The Balaban J connectivity index is 2.98. The molecule has 0 saturated carbocycles. The van der Waals surface area contributed by atoms with Gasteiger partial charge in [0.2, 0.25) is 0 Å². The van der Waals surface area contributed by atoms with Crippen molar-refractivity contribution < 1.29 is 0 Å². The SMILES string of the molecule is C=Cc1ccc(C(C)(Cl)CC)cc1. The molecule has 1 unspecified atom stereocenters. The molecule has 0 spiro atoms. The Labute approximate surface area is 85.2 Å². The van der Waals surface area contributed by atoms with Gasteiger partial charge in [-0.25, -0.2) is 0 Å². The predicted molar refractivity (Wildman–Crippen MR) is 60.0 cm³/mol. The Morgan fingerprint density at radius 2 is 1.92 bits per heavy atom. The molecule has 0 saturated heterocycles. The molecule has 1 rings (SSSR count). The summed E-state index contributed by atoms with van der Waals surface area (Å²) in [7, 11) is 0. The van der Waals surface area contributed by atoms with Gasteiger partial charge in [0.25, 0.3) is 0 Å². The van der Waals surface area contributed by atoms with Crippen LogP contribution in [0.25, 0.3) is 6.08 Å². The molecule has 0 heterocycles. The van der Waals surface area contributed by atoms with Crippen LogP contribution in [-0.2, 0) is 4.87 Å². The molecular weight excluding hydrogens is 180 g/mol. The highest BCUT2D eigenvalue weighted by molar-refractivity contribution is 6.23. The molecule has 70 valence electrons. The van der Waals surface area contributed by atoms with E-state index in [0.29, 0.717) is 0 Å². The van der Waals surface area contributed by atoms with E-state index >= 15 is 0 Å². The molecule has 0 N–H and O–H groups in total. The second-order valence-corrected chi connectivity index (χ2v) is 4.21. The lowest BCUT2D eigenvalue weighted by Gasteiger charge is -2.20. The van der Waals surface area contributed by atoms with Crippen LogP contribution in [0, 0.1) is 0 Å². The molecule has 0 aliphatic carbocycles. The van der Waals surface area contributed by atoms with E-state index in [1.807, 2.05) is 25.1 Å². The largest absolute Gasteiger partial charge is 0.114 e. The van der Waals surface area contributed by atoms with Crippen LogP contribution in [0.15, 0.2) is 30.8 Å². The maximum atomic E-state index is 6.32. The van der Waals surface area contributed by atoms with Crippen molar-refractivity contribution in [3.63, 3.8) is 0 Å². The Hall–Kier alpha value is -0.750. The van der Waals surface area contributed by atoms with Gasteiger partial charge in [-0.1, -0.05) is 43.8 Å². The minimum atomic E-state index is -0.236. The fourth-order valence-corrected chi connectivity index (χ4v) is 1.30. The highest BCUT2D eigenvalue weighted by Gasteiger charge is 2.19. The van der Waals surface area contributed by atoms with Crippen molar-refractivity contribution in [2.45, 2.75) is 25.1 Å². The number of hydrogen-bond acceptors (Lipinski definition) is 0. The second kappa shape index (κ2) is 3.97. The summed E-state index contributed by atoms with van der Waals surface area (Å²) in [5.41, 5.74) is 2.30. The molecule has 1 aromatic carbocycles. The molecule has 0 bridgehead atoms. The predicted octanol–water partition coefficient (Wildman–Crippen LogP) is 4.19. The van der Waals surface area contributed by atoms with Crippen molar-refractivity contribution in [3.05, 3.63) is 42.0 Å². The first-order valence-corrected chi connectivity index (χ1v) is 4.90. The highest BCUT2D eigenvalue weighted by Crippen LogP contribution is 2.31. The van der Waals surface area contributed by atoms with Gasteiger partial charge in [0, 0.05) is 0 Å². The van der Waals surface area contributed by atoms with Gasteiger partial charge in [0.05, 0.1) is 4.87 Å². The molecule has 0 aliphatic heterocycles. The van der Waals surface area contributed by atoms with E-state index < -0.39 is 0 Å². The Bertz CT molecular complexity index is 282. The number of benzene rings is 1. The molecule has 13 heavy (non-hydrogen) atoms. The average Bonchev–Trinajstić information content (AvgIpc) is 2.18. The van der Waals surface area contributed by atoms with E-state index in [0.717, 1.165) is 12.0 Å². The van der Waals surface area contributed by atoms with Crippen LogP contribution in [0.1, 0.15) is 31.4 Å². The Morgan fingerprint density at radius 3 is 2.31 bits per heavy atom. The van der Waals surface area contributed by atoms with Crippen molar-refractivity contribution in [2.75, 3.05) is 0 Å². The lowest BCUT2D eigenvalue weighted by molar-refractivity contribution is 0.650. The number of halogens is 1. The fourth-order valence-electron chi connectivity index (χ4n) is 1.17. The van der Waals surface area contributed by atoms with E-state index in [-0.39, 0.29) is 4.87 Å². The number of alkyl halides is 1. The molecule has 0 amide bonds. The summed E-state index contributed by atoms with van der Waals surface area (Å²) >= 11 is 6.32. The minimum absolute atomic E-state index is 0.236. The van der Waals surface area contributed by atoms with Crippen LogP contribution in [0.5, 0.6) is 0 Å². The maximum absolute atomic E-state index is 6.32. The van der Waals surface area contributed by atoms with Gasteiger partial charge in [0.1, 0.15) is 0 Å². The molecule has 1 aromatic rings. The van der Waals surface area contributed by atoms with Crippen LogP contribution >= 0.6 is 11.6 Å². The smallest absolute Gasteiger partial charge is 0.0664 e. The van der Waals surface area contributed by atoms with Crippen molar-refractivity contribution in [2.24, 2.45) is 0 Å². The van der Waals surface area contributed by atoms with E-state index in [1.54, 1.807) is 0 Å². The summed E-state index contributed by atoms with van der Waals surface area (Å²) in [6.45, 7) is 7.84. The van der Waals surface area contributed by atoms with Crippen molar-refractivity contribution in [1.82, 2.24) is 0 Å². The minimum Gasteiger partial charge on any atom is -0.114 e. The van der Waals surface area contributed by atoms with Gasteiger partial charge >= 0.3 is 0 Å². The molecule has 1 atom stereocenters. The monoisotopic (exact) mass is 194 g/mol. The second-order valence-electron chi connectivity index (χ2n) is 3.38. The first-order chi connectivity index (χ1) is 6.10. The van der Waals surface area contributed by atoms with E-state index in [9.17, 15) is 0 Å². The highest BCUT2D eigenvalue weighted by atomic mass is 35.5. The fraction of sp³-hybridized carbons (Fsp3) is 0.333. The lowest BCUT2D eigenvalue weighted by Crippen LogP contribution is -2.11. The quantitative estimate of drug-likeness (QED) is 0.633. The summed E-state index contributed by atoms with van der Waals surface area (Å²) in [6, 6.07) is 8.21. The third-order valence-electron chi connectivity index (χ3n) is 2.41. The van der Waals surface area contributed by atoms with Crippen LogP contribution in [0.2, 0.25) is 0 Å². The molecule has 0 aromatic heterocycles. The van der Waals surface area contributed by atoms with Crippen LogP contribution in [0.3, 0.4) is 0 Å². The Kier molecular flexibility index (Phi) is 3.16. The summed E-state index contributed by atoms with van der Waals surface area (Å²) in [6.07, 6.45) is 2.77. The summed E-state index contributed by atoms with van der Waals surface area (Å²) in [5.74, 6) is 0. The number of hydrogen-bond donors (Lipinski definition) is 0. The third kappa shape index (κ3) is 2.35.